The van der Waals surface area contributed by atoms with Crippen molar-refractivity contribution in [3.63, 3.8) is 0 Å². The van der Waals surface area contributed by atoms with Gasteiger partial charge in [0.1, 0.15) is 18.1 Å². The van der Waals surface area contributed by atoms with Crippen LogP contribution in [0.25, 0.3) is 27.9 Å². The van der Waals surface area contributed by atoms with Gasteiger partial charge in [0, 0.05) is 10.6 Å². The van der Waals surface area contributed by atoms with Crippen molar-refractivity contribution in [2.75, 3.05) is 0 Å². The minimum Gasteiger partial charge on any atom is -0.486 e. The Morgan fingerprint density at radius 1 is 0.929 bits per heavy atom. The molecule has 0 unspecified atom stereocenters. The lowest BCUT2D eigenvalue weighted by molar-refractivity contribution is 0.304. The molecule has 0 amide bonds. The smallest absolute Gasteiger partial charge is 0.235 e. The first-order chi connectivity index (χ1) is 13.8. The molecular weight excluding hydrogens is 396 g/mol. The summed E-state index contributed by atoms with van der Waals surface area (Å²) >= 11 is 7.38. The van der Waals surface area contributed by atoms with Gasteiger partial charge in [0.15, 0.2) is 10.8 Å². The second-order valence-corrected chi connectivity index (χ2v) is 7.46. The summed E-state index contributed by atoms with van der Waals surface area (Å²) in [7, 11) is 0. The molecule has 0 radical (unpaired) electrons. The number of hydrogen-bond acceptors (Lipinski definition) is 6. The molecule has 0 aliphatic heterocycles. The molecule has 138 valence electrons. The van der Waals surface area contributed by atoms with E-state index in [2.05, 4.69) is 15.3 Å². The van der Waals surface area contributed by atoms with Crippen LogP contribution < -0.4 is 4.74 Å². The highest BCUT2D eigenvalue weighted by molar-refractivity contribution is 7.16. The molecule has 0 bridgehead atoms. The fourth-order valence-electron chi connectivity index (χ4n) is 2.76. The summed E-state index contributed by atoms with van der Waals surface area (Å²) in [5.74, 6) is 2.68. The fraction of sp³-hybridized carbons (Fsp3) is 0.0500. The Balaban J connectivity index is 1.40. The summed E-state index contributed by atoms with van der Waals surface area (Å²) < 4.78 is 13.4. The van der Waals surface area contributed by atoms with Crippen molar-refractivity contribution in [3.05, 3.63) is 76.8 Å². The third-order valence-electron chi connectivity index (χ3n) is 4.09. The first-order valence-electron chi connectivity index (χ1n) is 8.51. The number of hydrogen-bond donors (Lipinski definition) is 0. The lowest BCUT2D eigenvalue weighted by Gasteiger charge is -2.02. The van der Waals surface area contributed by atoms with Crippen LogP contribution in [0.1, 0.15) is 5.01 Å². The van der Waals surface area contributed by atoms with E-state index in [9.17, 15) is 0 Å². The van der Waals surface area contributed by atoms with Crippen molar-refractivity contribution in [1.29, 1.82) is 0 Å². The second-order valence-electron chi connectivity index (χ2n) is 5.99. The number of halogens is 1. The van der Waals surface area contributed by atoms with E-state index in [1.807, 2.05) is 66.7 Å². The van der Waals surface area contributed by atoms with Crippen molar-refractivity contribution in [2.24, 2.45) is 0 Å². The lowest BCUT2D eigenvalue weighted by atomic mass is 10.2. The van der Waals surface area contributed by atoms with Gasteiger partial charge in [0.25, 0.3) is 0 Å². The lowest BCUT2D eigenvalue weighted by Crippen LogP contribution is -1.97. The van der Waals surface area contributed by atoms with E-state index >= 15 is 0 Å². The molecule has 0 aliphatic carbocycles. The predicted octanol–water partition coefficient (Wildman–Crippen LogP) is 5.35. The van der Waals surface area contributed by atoms with E-state index in [1.165, 1.54) is 11.3 Å². The van der Waals surface area contributed by atoms with Gasteiger partial charge in [-0.2, -0.15) is 9.61 Å². The van der Waals surface area contributed by atoms with Crippen LogP contribution in [0.15, 0.2) is 71.1 Å². The van der Waals surface area contributed by atoms with E-state index in [0.717, 1.165) is 22.1 Å². The maximum absolute atomic E-state index is 5.97. The Hall–Kier alpha value is -3.16. The number of furan rings is 1. The minimum atomic E-state index is 0.367. The maximum Gasteiger partial charge on any atom is 0.235 e. The molecule has 0 saturated carbocycles. The zero-order valence-corrected chi connectivity index (χ0v) is 16.0. The predicted molar refractivity (Wildman–Crippen MR) is 108 cm³/mol. The normalized spacial score (nSPS) is 11.2. The van der Waals surface area contributed by atoms with Crippen LogP contribution in [0.2, 0.25) is 5.02 Å². The van der Waals surface area contributed by atoms with Crippen molar-refractivity contribution in [2.45, 2.75) is 6.61 Å². The SMILES string of the molecule is Clc1ccc(-c2ccc(-c3nnc4sc(COc5ccccc5)nn34)o2)cc1. The summed E-state index contributed by atoms with van der Waals surface area (Å²) in [6.07, 6.45) is 0. The molecule has 3 heterocycles. The molecule has 28 heavy (non-hydrogen) atoms. The molecule has 0 saturated heterocycles. The molecule has 2 aromatic carbocycles. The highest BCUT2D eigenvalue weighted by Crippen LogP contribution is 2.29. The number of ether oxygens (including phenoxy) is 1. The van der Waals surface area contributed by atoms with Crippen LogP contribution in [0, 0.1) is 0 Å². The Kier molecular flexibility index (Phi) is 4.31. The maximum atomic E-state index is 5.97. The number of fused-ring (bicyclic) bond motifs is 1. The van der Waals surface area contributed by atoms with Crippen molar-refractivity contribution >= 4 is 27.9 Å². The molecular formula is C20H13ClN4O2S. The van der Waals surface area contributed by atoms with Gasteiger partial charge in [0.2, 0.25) is 10.8 Å². The number of para-hydroxylation sites is 1. The van der Waals surface area contributed by atoms with Crippen LogP contribution in [-0.4, -0.2) is 19.8 Å². The molecule has 0 aliphatic rings. The van der Waals surface area contributed by atoms with Gasteiger partial charge in [0.05, 0.1) is 0 Å². The summed E-state index contributed by atoms with van der Waals surface area (Å²) in [5, 5.41) is 14.5. The summed E-state index contributed by atoms with van der Waals surface area (Å²) in [5.41, 5.74) is 0.937. The van der Waals surface area contributed by atoms with Crippen LogP contribution >= 0.6 is 22.9 Å². The average Bonchev–Trinajstić information content (AvgIpc) is 3.43. The van der Waals surface area contributed by atoms with E-state index in [1.54, 1.807) is 4.52 Å². The van der Waals surface area contributed by atoms with Crippen LogP contribution in [0.5, 0.6) is 5.75 Å². The van der Waals surface area contributed by atoms with Gasteiger partial charge in [-0.1, -0.05) is 41.1 Å². The molecule has 0 N–H and O–H groups in total. The van der Waals surface area contributed by atoms with Gasteiger partial charge in [-0.15, -0.1) is 10.2 Å². The van der Waals surface area contributed by atoms with Crippen LogP contribution in [-0.2, 0) is 6.61 Å². The Bertz CT molecular complexity index is 1230. The Morgan fingerprint density at radius 2 is 1.71 bits per heavy atom. The summed E-state index contributed by atoms with van der Waals surface area (Å²) in [6.45, 7) is 0.367. The van der Waals surface area contributed by atoms with E-state index in [0.29, 0.717) is 28.2 Å². The topological polar surface area (TPSA) is 65.5 Å². The van der Waals surface area contributed by atoms with E-state index < -0.39 is 0 Å². The molecule has 8 heteroatoms. The Morgan fingerprint density at radius 3 is 2.54 bits per heavy atom. The second kappa shape index (κ2) is 7.10. The molecule has 0 fully saturated rings. The zero-order chi connectivity index (χ0) is 18.9. The summed E-state index contributed by atoms with van der Waals surface area (Å²) in [4.78, 5) is 0.686. The largest absolute Gasteiger partial charge is 0.486 e. The monoisotopic (exact) mass is 408 g/mol. The average molecular weight is 409 g/mol. The number of nitrogens with zero attached hydrogens (tertiary/aromatic N) is 4. The van der Waals surface area contributed by atoms with Crippen molar-refractivity contribution in [1.82, 2.24) is 19.8 Å². The standard InChI is InChI=1S/C20H13ClN4O2S/c21-14-8-6-13(7-9-14)16-10-11-17(27-16)19-22-23-20-25(19)24-18(28-20)12-26-15-4-2-1-3-5-15/h1-11H,12H2. The molecule has 0 atom stereocenters. The highest BCUT2D eigenvalue weighted by Gasteiger charge is 2.17. The zero-order valence-electron chi connectivity index (χ0n) is 14.4. The first-order valence-corrected chi connectivity index (χ1v) is 9.71. The quantitative estimate of drug-likeness (QED) is 0.392. The first kappa shape index (κ1) is 17.0. The fourth-order valence-corrected chi connectivity index (χ4v) is 3.63. The van der Waals surface area contributed by atoms with Crippen molar-refractivity contribution < 1.29 is 9.15 Å². The van der Waals surface area contributed by atoms with Gasteiger partial charge >= 0.3 is 0 Å². The van der Waals surface area contributed by atoms with E-state index in [4.69, 9.17) is 20.8 Å². The van der Waals surface area contributed by atoms with Gasteiger partial charge in [-0.25, -0.2) is 0 Å². The highest BCUT2D eigenvalue weighted by atomic mass is 35.5. The molecule has 5 aromatic rings. The number of aromatic nitrogens is 4. The third kappa shape index (κ3) is 3.26. The van der Waals surface area contributed by atoms with E-state index in [-0.39, 0.29) is 0 Å². The minimum absolute atomic E-state index is 0.367. The van der Waals surface area contributed by atoms with Crippen LogP contribution in [0.4, 0.5) is 0 Å². The van der Waals surface area contributed by atoms with Gasteiger partial charge in [-0.3, -0.25) is 0 Å². The molecule has 6 nitrogen and oxygen atoms in total. The summed E-state index contributed by atoms with van der Waals surface area (Å²) in [6, 6.07) is 20.9. The third-order valence-corrected chi connectivity index (χ3v) is 5.22. The van der Waals surface area contributed by atoms with Crippen molar-refractivity contribution in [3.8, 4) is 28.7 Å². The molecule has 0 spiro atoms. The van der Waals surface area contributed by atoms with Gasteiger partial charge < -0.3 is 9.15 Å². The van der Waals surface area contributed by atoms with Gasteiger partial charge in [-0.05, 0) is 48.5 Å². The van der Waals surface area contributed by atoms with Crippen LogP contribution in [0.3, 0.4) is 0 Å². The number of rotatable bonds is 5. The number of benzene rings is 2. The Labute approximate surface area is 169 Å². The molecule has 3 aromatic heterocycles. The molecule has 5 rings (SSSR count).